The van der Waals surface area contributed by atoms with Gasteiger partial charge in [0.1, 0.15) is 12.6 Å². The lowest BCUT2D eigenvalue weighted by Gasteiger charge is -2.20. The number of ether oxygens (including phenoxy) is 1. The van der Waals surface area contributed by atoms with Gasteiger partial charge in [0.05, 0.1) is 0 Å². The zero-order valence-corrected chi connectivity index (χ0v) is 18.8. The van der Waals surface area contributed by atoms with E-state index in [1.165, 1.54) is 0 Å². The highest BCUT2D eigenvalue weighted by atomic mass is 16.5. The normalized spacial score (nSPS) is 13.8. The number of amides is 2. The maximum absolute atomic E-state index is 12.6. The van der Waals surface area contributed by atoms with Gasteiger partial charge in [-0.25, -0.2) is 4.79 Å². The number of hydrogen-bond acceptors (Lipinski definition) is 4. The standard InChI is InChI=1S/C26H30N2O5/c1-3-4-13-23(25(31)27-15-17(2)14-24(29)30)28-26(32)33-16-22-20-11-7-5-9-18(20)19-10-6-8-12-21(19)22/h3,5-12,17,22-23H,1,4,13-16H2,2H3,(H,27,31)(H,28,32)(H,29,30). The molecule has 1 aliphatic carbocycles. The van der Waals surface area contributed by atoms with E-state index in [0.29, 0.717) is 12.8 Å². The number of aliphatic carboxylic acids is 1. The van der Waals surface area contributed by atoms with Gasteiger partial charge < -0.3 is 20.5 Å². The highest BCUT2D eigenvalue weighted by Gasteiger charge is 2.29. The van der Waals surface area contributed by atoms with E-state index in [1.54, 1.807) is 13.0 Å². The molecule has 0 saturated heterocycles. The molecule has 2 atom stereocenters. The van der Waals surface area contributed by atoms with Crippen LogP contribution in [0.4, 0.5) is 4.79 Å². The molecule has 7 heteroatoms. The fraction of sp³-hybridized carbons (Fsp3) is 0.346. The van der Waals surface area contributed by atoms with Crippen molar-refractivity contribution in [3.05, 3.63) is 72.3 Å². The number of hydrogen-bond donors (Lipinski definition) is 3. The Bertz CT molecular complexity index is 974. The molecule has 7 nitrogen and oxygen atoms in total. The number of rotatable bonds is 11. The fourth-order valence-electron chi connectivity index (χ4n) is 4.10. The Morgan fingerprint density at radius 3 is 2.27 bits per heavy atom. The molecule has 2 amide bonds. The van der Waals surface area contributed by atoms with Crippen LogP contribution in [0.2, 0.25) is 0 Å². The number of alkyl carbamates (subject to hydrolysis) is 1. The zero-order valence-electron chi connectivity index (χ0n) is 18.8. The van der Waals surface area contributed by atoms with Crippen molar-refractivity contribution in [3.8, 4) is 11.1 Å². The number of carboxylic acid groups (broad SMARTS) is 1. The molecule has 0 heterocycles. The van der Waals surface area contributed by atoms with E-state index in [9.17, 15) is 14.4 Å². The number of carbonyl (C=O) groups is 3. The molecule has 1 aliphatic rings. The van der Waals surface area contributed by atoms with Gasteiger partial charge in [0.2, 0.25) is 5.91 Å². The van der Waals surface area contributed by atoms with Gasteiger partial charge in [0.15, 0.2) is 0 Å². The lowest BCUT2D eigenvalue weighted by atomic mass is 9.98. The van der Waals surface area contributed by atoms with E-state index in [1.807, 2.05) is 36.4 Å². The lowest BCUT2D eigenvalue weighted by Crippen LogP contribution is -2.48. The summed E-state index contributed by atoms with van der Waals surface area (Å²) in [5, 5.41) is 14.2. The van der Waals surface area contributed by atoms with Crippen molar-refractivity contribution in [2.75, 3.05) is 13.2 Å². The molecule has 3 rings (SSSR count). The van der Waals surface area contributed by atoms with Crippen molar-refractivity contribution in [1.82, 2.24) is 10.6 Å². The van der Waals surface area contributed by atoms with Crippen molar-refractivity contribution >= 4 is 18.0 Å². The molecule has 2 aromatic carbocycles. The Morgan fingerprint density at radius 2 is 1.70 bits per heavy atom. The number of carbonyl (C=O) groups excluding carboxylic acids is 2. The predicted molar refractivity (Wildman–Crippen MR) is 126 cm³/mol. The van der Waals surface area contributed by atoms with Crippen LogP contribution in [0, 0.1) is 5.92 Å². The average Bonchev–Trinajstić information content (AvgIpc) is 3.12. The van der Waals surface area contributed by atoms with Gasteiger partial charge in [0.25, 0.3) is 0 Å². The minimum Gasteiger partial charge on any atom is -0.481 e. The van der Waals surface area contributed by atoms with Crippen molar-refractivity contribution in [2.24, 2.45) is 5.92 Å². The van der Waals surface area contributed by atoms with Crippen molar-refractivity contribution in [3.63, 3.8) is 0 Å². The third kappa shape index (κ3) is 6.22. The first-order valence-electron chi connectivity index (χ1n) is 11.1. The zero-order chi connectivity index (χ0) is 23.8. The van der Waals surface area contributed by atoms with Crippen molar-refractivity contribution in [1.29, 1.82) is 0 Å². The highest BCUT2D eigenvalue weighted by Crippen LogP contribution is 2.44. The number of nitrogens with one attached hydrogen (secondary N) is 2. The van der Waals surface area contributed by atoms with E-state index >= 15 is 0 Å². The summed E-state index contributed by atoms with van der Waals surface area (Å²) in [5.41, 5.74) is 4.50. The van der Waals surface area contributed by atoms with Gasteiger partial charge >= 0.3 is 12.1 Å². The van der Waals surface area contributed by atoms with E-state index in [4.69, 9.17) is 9.84 Å². The Kier molecular flexibility index (Phi) is 8.24. The molecule has 3 N–H and O–H groups in total. The summed E-state index contributed by atoms with van der Waals surface area (Å²) in [7, 11) is 0. The van der Waals surface area contributed by atoms with E-state index < -0.39 is 18.1 Å². The fourth-order valence-corrected chi connectivity index (χ4v) is 4.10. The maximum Gasteiger partial charge on any atom is 0.407 e. The molecule has 0 spiro atoms. The summed E-state index contributed by atoms with van der Waals surface area (Å²) in [6.07, 6.45) is 1.86. The number of benzene rings is 2. The van der Waals surface area contributed by atoms with Crippen molar-refractivity contribution in [2.45, 2.75) is 38.1 Å². The summed E-state index contributed by atoms with van der Waals surface area (Å²) < 4.78 is 5.54. The average molecular weight is 451 g/mol. The van der Waals surface area contributed by atoms with E-state index in [0.717, 1.165) is 22.3 Å². The van der Waals surface area contributed by atoms with Gasteiger partial charge in [-0.3, -0.25) is 9.59 Å². The van der Waals surface area contributed by atoms with Gasteiger partial charge in [-0.15, -0.1) is 6.58 Å². The van der Waals surface area contributed by atoms with Crippen LogP contribution in [0.1, 0.15) is 43.2 Å². The molecule has 0 saturated carbocycles. The second-order valence-corrected chi connectivity index (χ2v) is 8.34. The van der Waals surface area contributed by atoms with E-state index in [-0.39, 0.29) is 37.3 Å². The van der Waals surface area contributed by atoms with Crippen LogP contribution in [-0.4, -0.2) is 42.3 Å². The second-order valence-electron chi connectivity index (χ2n) is 8.34. The molecule has 0 radical (unpaired) electrons. The molecule has 0 aliphatic heterocycles. The van der Waals surface area contributed by atoms with E-state index in [2.05, 4.69) is 29.3 Å². The quantitative estimate of drug-likeness (QED) is 0.447. The lowest BCUT2D eigenvalue weighted by molar-refractivity contribution is -0.138. The van der Waals surface area contributed by atoms with Crippen molar-refractivity contribution < 1.29 is 24.2 Å². The molecule has 33 heavy (non-hydrogen) atoms. The van der Waals surface area contributed by atoms with Crippen LogP contribution >= 0.6 is 0 Å². The van der Waals surface area contributed by atoms with Crippen LogP contribution < -0.4 is 10.6 Å². The summed E-state index contributed by atoms with van der Waals surface area (Å²) in [6, 6.07) is 15.3. The number of allylic oxidation sites excluding steroid dienone is 1. The van der Waals surface area contributed by atoms with Gasteiger partial charge in [-0.05, 0) is 41.0 Å². The summed E-state index contributed by atoms with van der Waals surface area (Å²) in [4.78, 5) is 36.0. The summed E-state index contributed by atoms with van der Waals surface area (Å²) >= 11 is 0. The van der Waals surface area contributed by atoms with Crippen LogP contribution in [0.25, 0.3) is 11.1 Å². The Hall–Kier alpha value is -3.61. The first-order chi connectivity index (χ1) is 15.9. The number of fused-ring (bicyclic) bond motifs is 3. The molecule has 0 aromatic heterocycles. The Balaban J connectivity index is 1.60. The SMILES string of the molecule is C=CCCC(NC(=O)OCC1c2ccccc2-c2ccccc21)C(=O)NCC(C)CC(=O)O. The first kappa shape index (κ1) is 24.0. The Morgan fingerprint density at radius 1 is 1.09 bits per heavy atom. The Labute approximate surface area is 193 Å². The number of carboxylic acids is 1. The van der Waals surface area contributed by atoms with Gasteiger partial charge in [-0.2, -0.15) is 0 Å². The van der Waals surface area contributed by atoms with Gasteiger partial charge in [0, 0.05) is 18.9 Å². The highest BCUT2D eigenvalue weighted by molar-refractivity contribution is 5.85. The monoisotopic (exact) mass is 450 g/mol. The molecule has 174 valence electrons. The smallest absolute Gasteiger partial charge is 0.407 e. The predicted octanol–water partition coefficient (Wildman–Crippen LogP) is 4.09. The van der Waals surface area contributed by atoms with Crippen LogP contribution in [0.5, 0.6) is 0 Å². The minimum atomic E-state index is -0.920. The molecular weight excluding hydrogens is 420 g/mol. The maximum atomic E-state index is 12.6. The minimum absolute atomic E-state index is 0.0442. The van der Waals surface area contributed by atoms with Gasteiger partial charge in [-0.1, -0.05) is 61.5 Å². The molecule has 0 fully saturated rings. The third-order valence-electron chi connectivity index (χ3n) is 5.76. The summed E-state index contributed by atoms with van der Waals surface area (Å²) in [5.74, 6) is -1.58. The molecule has 2 unspecified atom stereocenters. The molecule has 0 bridgehead atoms. The second kappa shape index (κ2) is 11.3. The van der Waals surface area contributed by atoms with Crippen LogP contribution in [0.3, 0.4) is 0 Å². The van der Waals surface area contributed by atoms with Crippen LogP contribution in [0.15, 0.2) is 61.2 Å². The molecule has 2 aromatic rings. The summed E-state index contributed by atoms with van der Waals surface area (Å²) in [6.45, 7) is 5.78. The molecular formula is C26H30N2O5. The first-order valence-corrected chi connectivity index (χ1v) is 11.1. The largest absolute Gasteiger partial charge is 0.481 e. The third-order valence-corrected chi connectivity index (χ3v) is 5.76. The van der Waals surface area contributed by atoms with Crippen LogP contribution in [-0.2, 0) is 14.3 Å². The topological polar surface area (TPSA) is 105 Å².